The normalized spacial score (nSPS) is 11.4. The molecular weight excluding hydrogens is 272 g/mol. The molecule has 5 heteroatoms. The van der Waals surface area contributed by atoms with Gasteiger partial charge in [-0.2, -0.15) is 0 Å². The third-order valence-electron chi connectivity index (χ3n) is 2.86. The van der Waals surface area contributed by atoms with Gasteiger partial charge in [-0.15, -0.1) is 5.69 Å². The van der Waals surface area contributed by atoms with Crippen LogP contribution in [-0.4, -0.2) is 13.4 Å². The summed E-state index contributed by atoms with van der Waals surface area (Å²) in [6.45, 7) is 0. The third-order valence-corrected chi connectivity index (χ3v) is 4.19. The zero-order valence-corrected chi connectivity index (χ0v) is 11.3. The first kappa shape index (κ1) is 12.6. The van der Waals surface area contributed by atoms with E-state index in [9.17, 15) is 8.42 Å². The van der Waals surface area contributed by atoms with Gasteiger partial charge >= 0.3 is 0 Å². The van der Waals surface area contributed by atoms with Crippen LogP contribution in [0, 0.1) is 0 Å². The highest BCUT2D eigenvalue weighted by atomic mass is 32.2. The summed E-state index contributed by atoms with van der Waals surface area (Å²) in [4.78, 5) is 4.27. The lowest BCUT2D eigenvalue weighted by Gasteiger charge is -2.22. The van der Waals surface area contributed by atoms with Gasteiger partial charge in [0.1, 0.15) is 10.0 Å². The Hall–Kier alpha value is -2.40. The van der Waals surface area contributed by atoms with E-state index in [1.165, 1.54) is 6.07 Å². The van der Waals surface area contributed by atoms with E-state index >= 15 is 0 Å². The Kier molecular flexibility index (Phi) is 3.12. The van der Waals surface area contributed by atoms with Crippen molar-refractivity contribution in [2.45, 2.75) is 4.90 Å². The molecule has 20 heavy (non-hydrogen) atoms. The zero-order valence-electron chi connectivity index (χ0n) is 10.5. The van der Waals surface area contributed by atoms with Gasteiger partial charge in [0.2, 0.25) is 0 Å². The van der Waals surface area contributed by atoms with Crippen LogP contribution in [0.4, 0.5) is 5.69 Å². The maximum absolute atomic E-state index is 12.4. The first-order valence-corrected chi connectivity index (χ1v) is 7.48. The largest absolute Gasteiger partial charge is 0.573 e. The van der Waals surface area contributed by atoms with Crippen LogP contribution in [0.2, 0.25) is 0 Å². The molecule has 4 nitrogen and oxygen atoms in total. The van der Waals surface area contributed by atoms with E-state index in [1.54, 1.807) is 42.6 Å². The van der Waals surface area contributed by atoms with Crippen LogP contribution in [0.1, 0.15) is 0 Å². The molecule has 3 rings (SSSR count). The van der Waals surface area contributed by atoms with E-state index < -0.39 is 10.0 Å². The molecule has 0 atom stereocenters. The first-order chi connectivity index (χ1) is 9.67. The lowest BCUT2D eigenvalue weighted by Crippen LogP contribution is -1.99. The van der Waals surface area contributed by atoms with Gasteiger partial charge < -0.3 is 4.72 Å². The molecule has 100 valence electrons. The summed E-state index contributed by atoms with van der Waals surface area (Å²) in [5.41, 5.74) is 0.843. The quantitative estimate of drug-likeness (QED) is 0.737. The smallest absolute Gasteiger partial charge is 0.125 e. The number of hydrogen-bond acceptors (Lipinski definition) is 3. The fourth-order valence-electron chi connectivity index (χ4n) is 1.96. The monoisotopic (exact) mass is 283 g/mol. The summed E-state index contributed by atoms with van der Waals surface area (Å²) in [5, 5.41) is 0.775. The molecule has 0 N–H and O–H groups in total. The molecule has 2 aromatic carbocycles. The molecule has 0 aliphatic heterocycles. The van der Waals surface area contributed by atoms with Crippen molar-refractivity contribution < 1.29 is 8.42 Å². The van der Waals surface area contributed by atoms with Crippen molar-refractivity contribution in [3.05, 3.63) is 71.6 Å². The number of benzene rings is 2. The Morgan fingerprint density at radius 1 is 0.850 bits per heavy atom. The summed E-state index contributed by atoms with van der Waals surface area (Å²) in [6.07, 6.45) is 1.57. The predicted octanol–water partition coefficient (Wildman–Crippen LogP) is 3.63. The minimum absolute atomic E-state index is 0.124. The minimum atomic E-state index is -3.78. The van der Waals surface area contributed by atoms with Crippen LogP contribution in [0.25, 0.3) is 15.6 Å². The molecule has 0 unspecified atom stereocenters. The molecule has 0 radical (unpaired) electrons. The summed E-state index contributed by atoms with van der Waals surface area (Å²) in [7, 11) is -3.78. The van der Waals surface area contributed by atoms with Crippen LogP contribution in [-0.2, 0) is 10.0 Å². The Morgan fingerprint density at radius 2 is 1.60 bits per heavy atom. The van der Waals surface area contributed by atoms with E-state index in [-0.39, 0.29) is 4.90 Å². The van der Waals surface area contributed by atoms with Crippen LogP contribution in [0.15, 0.2) is 71.8 Å². The lowest BCUT2D eigenvalue weighted by atomic mass is 10.2. The first-order valence-electron chi connectivity index (χ1n) is 6.04. The summed E-state index contributed by atoms with van der Waals surface area (Å²) >= 11 is 0. The van der Waals surface area contributed by atoms with Gasteiger partial charge in [-0.05, 0) is 12.1 Å². The highest BCUT2D eigenvalue weighted by molar-refractivity contribution is 7.94. The number of rotatable bonds is 3. The number of hydrogen-bond donors (Lipinski definition) is 0. The molecule has 3 aromatic rings. The van der Waals surface area contributed by atoms with E-state index in [1.807, 2.05) is 18.2 Å². The SMILES string of the molecule is O=S(=O)([N-]c1ccccc1)c1cccc2cccnc12. The number of aromatic nitrogens is 1. The van der Waals surface area contributed by atoms with Crippen molar-refractivity contribution in [3.63, 3.8) is 0 Å². The Balaban J connectivity index is 2.10. The van der Waals surface area contributed by atoms with Crippen molar-refractivity contribution in [1.82, 2.24) is 4.98 Å². The zero-order chi connectivity index (χ0) is 14.0. The van der Waals surface area contributed by atoms with Crippen molar-refractivity contribution in [1.29, 1.82) is 0 Å². The topological polar surface area (TPSA) is 61.1 Å². The van der Waals surface area contributed by atoms with Crippen LogP contribution < -0.4 is 0 Å². The number of sulfonamides is 1. The van der Waals surface area contributed by atoms with Gasteiger partial charge in [0.25, 0.3) is 0 Å². The van der Waals surface area contributed by atoms with Gasteiger partial charge in [-0.25, -0.2) is 8.42 Å². The third kappa shape index (κ3) is 2.35. The maximum atomic E-state index is 12.4. The molecule has 0 fully saturated rings. The van der Waals surface area contributed by atoms with E-state index in [0.717, 1.165) is 5.39 Å². The van der Waals surface area contributed by atoms with E-state index in [2.05, 4.69) is 9.71 Å². The number of fused-ring (bicyclic) bond motifs is 1. The summed E-state index contributed by atoms with van der Waals surface area (Å²) in [6, 6.07) is 17.2. The lowest BCUT2D eigenvalue weighted by molar-refractivity contribution is 0.604. The summed E-state index contributed by atoms with van der Waals surface area (Å²) < 4.78 is 28.7. The van der Waals surface area contributed by atoms with Crippen LogP contribution >= 0.6 is 0 Å². The highest BCUT2D eigenvalue weighted by Crippen LogP contribution is 2.30. The fourth-order valence-corrected chi connectivity index (χ4v) is 3.12. The van der Waals surface area contributed by atoms with Crippen molar-refractivity contribution in [3.8, 4) is 0 Å². The number of para-hydroxylation sites is 1. The number of nitrogens with zero attached hydrogens (tertiary/aromatic N) is 2. The molecule has 1 heterocycles. The molecule has 0 spiro atoms. The standard InChI is InChI=1S/C15H11N2O2S/c18-20(19,17-13-8-2-1-3-9-13)14-10-4-6-12-7-5-11-16-15(12)14/h1-11H/q-1. The Morgan fingerprint density at radius 3 is 2.40 bits per heavy atom. The van der Waals surface area contributed by atoms with Crippen molar-refractivity contribution in [2.24, 2.45) is 0 Å². The Labute approximate surface area is 117 Å². The molecule has 0 aliphatic carbocycles. The molecule has 0 aliphatic rings. The average Bonchev–Trinajstić information content (AvgIpc) is 2.47. The van der Waals surface area contributed by atoms with Gasteiger partial charge in [-0.3, -0.25) is 4.98 Å². The van der Waals surface area contributed by atoms with Crippen molar-refractivity contribution >= 4 is 26.6 Å². The number of pyridine rings is 1. The van der Waals surface area contributed by atoms with Crippen LogP contribution in [0.3, 0.4) is 0 Å². The van der Waals surface area contributed by atoms with Crippen LogP contribution in [0.5, 0.6) is 0 Å². The average molecular weight is 283 g/mol. The van der Waals surface area contributed by atoms with E-state index in [4.69, 9.17) is 0 Å². The molecule has 0 amide bonds. The van der Waals surface area contributed by atoms with Gasteiger partial charge in [0.05, 0.1) is 10.4 Å². The van der Waals surface area contributed by atoms with Gasteiger partial charge in [0, 0.05) is 11.6 Å². The van der Waals surface area contributed by atoms with E-state index in [0.29, 0.717) is 11.2 Å². The molecule has 1 aromatic heterocycles. The summed E-state index contributed by atoms with van der Waals surface area (Å²) in [5.74, 6) is 0. The molecular formula is C15H11N2O2S-. The van der Waals surface area contributed by atoms with Crippen molar-refractivity contribution in [2.75, 3.05) is 0 Å². The maximum Gasteiger partial charge on any atom is 0.125 e. The Bertz CT molecular complexity index is 841. The second-order valence-electron chi connectivity index (χ2n) is 4.23. The second-order valence-corrected chi connectivity index (χ2v) is 5.81. The predicted molar refractivity (Wildman–Crippen MR) is 78.4 cm³/mol. The fraction of sp³-hybridized carbons (Fsp3) is 0. The van der Waals surface area contributed by atoms with Gasteiger partial charge in [0.15, 0.2) is 0 Å². The molecule has 0 bridgehead atoms. The highest BCUT2D eigenvalue weighted by Gasteiger charge is 2.10. The molecule has 0 saturated carbocycles. The van der Waals surface area contributed by atoms with Gasteiger partial charge in [-0.1, -0.05) is 48.5 Å². The minimum Gasteiger partial charge on any atom is -0.573 e. The second kappa shape index (κ2) is 4.94. The molecule has 0 saturated heterocycles.